The first kappa shape index (κ1) is 14.9. The summed E-state index contributed by atoms with van der Waals surface area (Å²) in [6.07, 6.45) is 0.635. The number of hydrogen-bond donors (Lipinski definition) is 2. The van der Waals surface area contributed by atoms with Crippen LogP contribution in [-0.4, -0.2) is 30.1 Å². The third-order valence-corrected chi connectivity index (χ3v) is 2.27. The molecule has 0 unspecified atom stereocenters. The lowest BCUT2D eigenvalue weighted by molar-refractivity contribution is -0.136. The summed E-state index contributed by atoms with van der Waals surface area (Å²) in [4.78, 5) is 21.5. The Hall–Kier alpha value is -2.11. The van der Waals surface area contributed by atoms with E-state index in [1.807, 2.05) is 0 Å². The minimum atomic E-state index is -0.949. The third kappa shape index (κ3) is 7.03. The van der Waals surface area contributed by atoms with Crippen LogP contribution in [0.15, 0.2) is 24.3 Å². The van der Waals surface area contributed by atoms with Gasteiger partial charge in [0, 0.05) is 19.0 Å². The summed E-state index contributed by atoms with van der Waals surface area (Å²) in [5, 5.41) is 10.9. The summed E-state index contributed by atoms with van der Waals surface area (Å²) in [5.41, 5.74) is 0. The lowest BCUT2D eigenvalue weighted by atomic mass is 10.3. The molecule has 1 amide bonds. The van der Waals surface area contributed by atoms with Gasteiger partial charge in [0.15, 0.2) is 0 Å². The average molecular weight is 269 g/mol. The summed E-state index contributed by atoms with van der Waals surface area (Å²) < 4.78 is 18.1. The number of hydrogen-bond acceptors (Lipinski definition) is 3. The van der Waals surface area contributed by atoms with Crippen LogP contribution in [0.3, 0.4) is 0 Å². The van der Waals surface area contributed by atoms with E-state index in [1.165, 1.54) is 12.1 Å². The average Bonchev–Trinajstić information content (AvgIpc) is 2.34. The summed E-state index contributed by atoms with van der Waals surface area (Å²) in [5.74, 6) is -1.12. The monoisotopic (exact) mass is 269 g/mol. The van der Waals surface area contributed by atoms with Crippen LogP contribution in [0.1, 0.15) is 19.3 Å². The van der Waals surface area contributed by atoms with Gasteiger partial charge in [0.25, 0.3) is 0 Å². The molecule has 0 saturated heterocycles. The minimum absolute atomic E-state index is 0.0917. The van der Waals surface area contributed by atoms with E-state index >= 15 is 0 Å². The number of carboxylic acid groups (broad SMARTS) is 1. The van der Waals surface area contributed by atoms with Crippen molar-refractivity contribution in [1.82, 2.24) is 5.32 Å². The van der Waals surface area contributed by atoms with E-state index in [0.29, 0.717) is 18.8 Å². The first-order valence-electron chi connectivity index (χ1n) is 5.95. The molecule has 2 N–H and O–H groups in total. The molecule has 0 aliphatic heterocycles. The van der Waals surface area contributed by atoms with Gasteiger partial charge in [-0.05, 0) is 18.6 Å². The van der Waals surface area contributed by atoms with E-state index in [1.54, 1.807) is 12.1 Å². The number of nitrogens with one attached hydrogen (secondary N) is 1. The third-order valence-electron chi connectivity index (χ3n) is 2.27. The summed E-state index contributed by atoms with van der Waals surface area (Å²) in [6.45, 7) is 0.425. The van der Waals surface area contributed by atoms with E-state index in [4.69, 9.17) is 9.84 Å². The zero-order chi connectivity index (χ0) is 14.1. The molecule has 0 fully saturated rings. The molecule has 0 heterocycles. The standard InChI is InChI=1S/C13H16FNO4/c14-10-3-1-4-11(9-10)19-8-2-5-12(16)15-7-6-13(17)18/h1,3-4,9H,2,5-8H2,(H,15,16)(H,17,18). The van der Waals surface area contributed by atoms with Gasteiger partial charge in [-0.3, -0.25) is 9.59 Å². The molecule has 0 atom stereocenters. The van der Waals surface area contributed by atoms with Crippen molar-refractivity contribution < 1.29 is 23.8 Å². The molecule has 0 bridgehead atoms. The number of rotatable bonds is 8. The molecular weight excluding hydrogens is 253 g/mol. The lowest BCUT2D eigenvalue weighted by Gasteiger charge is -2.06. The Labute approximate surface area is 110 Å². The molecule has 104 valence electrons. The summed E-state index contributed by atoms with van der Waals surface area (Å²) in [7, 11) is 0. The first-order chi connectivity index (χ1) is 9.08. The molecule has 1 rings (SSSR count). The maximum absolute atomic E-state index is 12.8. The quantitative estimate of drug-likeness (QED) is 0.702. The van der Waals surface area contributed by atoms with Gasteiger partial charge in [-0.2, -0.15) is 0 Å². The number of aliphatic carboxylic acids is 1. The Morgan fingerprint density at radius 1 is 1.32 bits per heavy atom. The fourth-order valence-electron chi connectivity index (χ4n) is 1.38. The van der Waals surface area contributed by atoms with E-state index in [2.05, 4.69) is 5.32 Å². The number of amides is 1. The fourth-order valence-corrected chi connectivity index (χ4v) is 1.38. The van der Waals surface area contributed by atoms with Crippen molar-refractivity contribution in [2.75, 3.05) is 13.2 Å². The van der Waals surface area contributed by atoms with Crippen LogP contribution in [-0.2, 0) is 9.59 Å². The Morgan fingerprint density at radius 2 is 2.11 bits per heavy atom. The van der Waals surface area contributed by atoms with Crippen LogP contribution in [0.5, 0.6) is 5.75 Å². The van der Waals surface area contributed by atoms with Gasteiger partial charge in [0.05, 0.1) is 13.0 Å². The summed E-state index contributed by atoms with van der Waals surface area (Å²) >= 11 is 0. The number of carboxylic acids is 1. The molecule has 0 radical (unpaired) electrons. The highest BCUT2D eigenvalue weighted by molar-refractivity contribution is 5.76. The number of carbonyl (C=O) groups excluding carboxylic acids is 1. The van der Waals surface area contributed by atoms with Crippen molar-refractivity contribution in [3.05, 3.63) is 30.1 Å². The SMILES string of the molecule is O=C(O)CCNC(=O)CCCOc1cccc(F)c1. The van der Waals surface area contributed by atoms with E-state index in [9.17, 15) is 14.0 Å². The van der Waals surface area contributed by atoms with Crippen molar-refractivity contribution in [1.29, 1.82) is 0 Å². The van der Waals surface area contributed by atoms with Crippen LogP contribution in [0, 0.1) is 5.82 Å². The van der Waals surface area contributed by atoms with Crippen LogP contribution in [0.25, 0.3) is 0 Å². The van der Waals surface area contributed by atoms with Crippen LogP contribution in [0.2, 0.25) is 0 Å². The van der Waals surface area contributed by atoms with Crippen LogP contribution >= 0.6 is 0 Å². The van der Waals surface area contributed by atoms with Crippen LogP contribution < -0.4 is 10.1 Å². The Morgan fingerprint density at radius 3 is 2.79 bits per heavy atom. The molecule has 0 saturated carbocycles. The van der Waals surface area contributed by atoms with Gasteiger partial charge < -0.3 is 15.2 Å². The Balaban J connectivity index is 2.10. The van der Waals surface area contributed by atoms with E-state index in [0.717, 1.165) is 0 Å². The Kier molecular flexibility index (Phi) is 6.35. The van der Waals surface area contributed by atoms with Gasteiger partial charge in [-0.1, -0.05) is 6.07 Å². The lowest BCUT2D eigenvalue weighted by Crippen LogP contribution is -2.26. The predicted octanol–water partition coefficient (Wildman–Crippen LogP) is 1.58. The van der Waals surface area contributed by atoms with E-state index in [-0.39, 0.29) is 31.1 Å². The highest BCUT2D eigenvalue weighted by atomic mass is 19.1. The molecule has 5 nitrogen and oxygen atoms in total. The van der Waals surface area contributed by atoms with Gasteiger partial charge in [-0.15, -0.1) is 0 Å². The number of benzene rings is 1. The van der Waals surface area contributed by atoms with Gasteiger partial charge in [0.2, 0.25) is 5.91 Å². The van der Waals surface area contributed by atoms with Crippen molar-refractivity contribution in [2.45, 2.75) is 19.3 Å². The molecule has 1 aromatic rings. The van der Waals surface area contributed by atoms with Crippen molar-refractivity contribution in [3.8, 4) is 5.75 Å². The zero-order valence-corrected chi connectivity index (χ0v) is 10.4. The maximum atomic E-state index is 12.8. The van der Waals surface area contributed by atoms with Gasteiger partial charge in [-0.25, -0.2) is 4.39 Å². The van der Waals surface area contributed by atoms with Crippen molar-refractivity contribution >= 4 is 11.9 Å². The maximum Gasteiger partial charge on any atom is 0.305 e. The molecule has 0 aliphatic carbocycles. The second kappa shape index (κ2) is 8.07. The zero-order valence-electron chi connectivity index (χ0n) is 10.4. The molecule has 0 aliphatic rings. The second-order valence-electron chi connectivity index (χ2n) is 3.90. The molecule has 0 aromatic heterocycles. The topological polar surface area (TPSA) is 75.6 Å². The molecular formula is C13H16FNO4. The molecule has 0 spiro atoms. The fraction of sp³-hybridized carbons (Fsp3) is 0.385. The number of carbonyl (C=O) groups is 2. The number of ether oxygens (including phenoxy) is 1. The normalized spacial score (nSPS) is 9.95. The minimum Gasteiger partial charge on any atom is -0.493 e. The van der Waals surface area contributed by atoms with Crippen LogP contribution in [0.4, 0.5) is 4.39 Å². The van der Waals surface area contributed by atoms with Gasteiger partial charge >= 0.3 is 5.97 Å². The van der Waals surface area contributed by atoms with Crippen molar-refractivity contribution in [2.24, 2.45) is 0 Å². The van der Waals surface area contributed by atoms with Crippen molar-refractivity contribution in [3.63, 3.8) is 0 Å². The van der Waals surface area contributed by atoms with Gasteiger partial charge in [0.1, 0.15) is 11.6 Å². The van der Waals surface area contributed by atoms with E-state index < -0.39 is 5.97 Å². The number of halogens is 1. The molecule has 6 heteroatoms. The highest BCUT2D eigenvalue weighted by Gasteiger charge is 2.03. The smallest absolute Gasteiger partial charge is 0.305 e. The highest BCUT2D eigenvalue weighted by Crippen LogP contribution is 2.12. The first-order valence-corrected chi connectivity index (χ1v) is 5.95. The predicted molar refractivity (Wildman–Crippen MR) is 66.4 cm³/mol. The molecule has 19 heavy (non-hydrogen) atoms. The second-order valence-corrected chi connectivity index (χ2v) is 3.90. The Bertz CT molecular complexity index is 436. The largest absolute Gasteiger partial charge is 0.493 e. The molecule has 1 aromatic carbocycles. The summed E-state index contributed by atoms with van der Waals surface area (Å²) in [6, 6.07) is 5.77.